The summed E-state index contributed by atoms with van der Waals surface area (Å²) < 4.78 is 18.5. The molecular formula is C17H25FN2O2. The number of benzene rings is 1. The Kier molecular flexibility index (Phi) is 6.80. The van der Waals surface area contributed by atoms with Gasteiger partial charge < -0.3 is 10.1 Å². The molecule has 1 atom stereocenters. The van der Waals surface area contributed by atoms with E-state index in [9.17, 15) is 9.18 Å². The topological polar surface area (TPSA) is 41.6 Å². The smallest absolute Gasteiger partial charge is 0.224 e. The number of amides is 1. The molecule has 0 radical (unpaired) electrons. The third kappa shape index (κ3) is 5.39. The number of carbonyl (C=O) groups excluding carboxylic acids is 1. The van der Waals surface area contributed by atoms with Crippen molar-refractivity contribution in [3.8, 4) is 0 Å². The standard InChI is InChI=1S/C17H25FN2O2/c1-2-22-10-8-19-17(21)15-6-4-9-20(13-15)12-14-5-3-7-16(18)11-14/h3,5,7,11,15H,2,4,6,8-10,12-13H2,1H3,(H,19,21). The number of carbonyl (C=O) groups is 1. The van der Waals surface area contributed by atoms with Crippen LogP contribution in [-0.2, 0) is 16.1 Å². The number of nitrogens with one attached hydrogen (secondary N) is 1. The number of hydrogen-bond acceptors (Lipinski definition) is 3. The van der Waals surface area contributed by atoms with Crippen LogP contribution in [0.1, 0.15) is 25.3 Å². The molecule has 1 amide bonds. The monoisotopic (exact) mass is 308 g/mol. The van der Waals surface area contributed by atoms with E-state index in [4.69, 9.17) is 4.74 Å². The van der Waals surface area contributed by atoms with Gasteiger partial charge in [0.25, 0.3) is 0 Å². The van der Waals surface area contributed by atoms with Crippen LogP contribution in [0.2, 0.25) is 0 Å². The summed E-state index contributed by atoms with van der Waals surface area (Å²) in [7, 11) is 0. The van der Waals surface area contributed by atoms with E-state index in [-0.39, 0.29) is 17.6 Å². The summed E-state index contributed by atoms with van der Waals surface area (Å²) in [5.74, 6) is -0.0905. The molecule has 1 N–H and O–H groups in total. The quantitative estimate of drug-likeness (QED) is 0.785. The van der Waals surface area contributed by atoms with E-state index in [2.05, 4.69) is 10.2 Å². The average Bonchev–Trinajstić information content (AvgIpc) is 2.52. The summed E-state index contributed by atoms with van der Waals surface area (Å²) in [6.07, 6.45) is 1.92. The molecule has 22 heavy (non-hydrogen) atoms. The summed E-state index contributed by atoms with van der Waals surface area (Å²) in [6, 6.07) is 6.67. The van der Waals surface area contributed by atoms with E-state index in [0.717, 1.165) is 31.5 Å². The first-order valence-electron chi connectivity index (χ1n) is 8.01. The van der Waals surface area contributed by atoms with Crippen LogP contribution < -0.4 is 5.32 Å². The molecule has 1 heterocycles. The second-order valence-electron chi connectivity index (χ2n) is 5.69. The van der Waals surface area contributed by atoms with Crippen LogP contribution in [0.5, 0.6) is 0 Å². The van der Waals surface area contributed by atoms with Gasteiger partial charge in [-0.1, -0.05) is 12.1 Å². The van der Waals surface area contributed by atoms with Gasteiger partial charge in [-0.15, -0.1) is 0 Å². The number of rotatable bonds is 7. The summed E-state index contributed by atoms with van der Waals surface area (Å²) in [5, 5.41) is 2.93. The Labute approximate surface area is 131 Å². The highest BCUT2D eigenvalue weighted by molar-refractivity contribution is 5.78. The van der Waals surface area contributed by atoms with Gasteiger partial charge in [-0.25, -0.2) is 4.39 Å². The summed E-state index contributed by atoms with van der Waals surface area (Å²) in [6.45, 7) is 6.11. The van der Waals surface area contributed by atoms with Crippen LogP contribution >= 0.6 is 0 Å². The van der Waals surface area contributed by atoms with Crippen molar-refractivity contribution >= 4 is 5.91 Å². The first-order valence-corrected chi connectivity index (χ1v) is 8.01. The molecule has 1 saturated heterocycles. The highest BCUT2D eigenvalue weighted by Crippen LogP contribution is 2.19. The predicted octanol–water partition coefficient (Wildman–Crippen LogP) is 2.19. The number of nitrogens with zero attached hydrogens (tertiary/aromatic N) is 1. The van der Waals surface area contributed by atoms with E-state index < -0.39 is 0 Å². The van der Waals surface area contributed by atoms with E-state index in [1.54, 1.807) is 12.1 Å². The second-order valence-corrected chi connectivity index (χ2v) is 5.69. The molecule has 4 nitrogen and oxygen atoms in total. The lowest BCUT2D eigenvalue weighted by Gasteiger charge is -2.32. The Bertz CT molecular complexity index is 481. The molecule has 1 fully saturated rings. The summed E-state index contributed by atoms with van der Waals surface area (Å²) in [4.78, 5) is 14.4. The van der Waals surface area contributed by atoms with Gasteiger partial charge in [-0.3, -0.25) is 9.69 Å². The molecule has 0 aromatic heterocycles. The first kappa shape index (κ1) is 16.9. The highest BCUT2D eigenvalue weighted by atomic mass is 19.1. The number of piperidine rings is 1. The second kappa shape index (κ2) is 8.86. The SMILES string of the molecule is CCOCCNC(=O)C1CCCN(Cc2cccc(F)c2)C1. The van der Waals surface area contributed by atoms with Crippen LogP contribution in [0, 0.1) is 11.7 Å². The van der Waals surface area contributed by atoms with Crippen molar-refractivity contribution in [3.63, 3.8) is 0 Å². The lowest BCUT2D eigenvalue weighted by atomic mass is 9.96. The van der Waals surface area contributed by atoms with Gasteiger partial charge in [0.2, 0.25) is 5.91 Å². The van der Waals surface area contributed by atoms with Gasteiger partial charge in [0.05, 0.1) is 12.5 Å². The molecule has 122 valence electrons. The van der Waals surface area contributed by atoms with Crippen molar-refractivity contribution in [2.24, 2.45) is 5.92 Å². The molecule has 0 aliphatic carbocycles. The number of likely N-dealkylation sites (tertiary alicyclic amines) is 1. The van der Waals surface area contributed by atoms with Crippen molar-refractivity contribution in [2.45, 2.75) is 26.3 Å². The number of ether oxygens (including phenoxy) is 1. The van der Waals surface area contributed by atoms with Crippen LogP contribution in [0.4, 0.5) is 4.39 Å². The first-order chi connectivity index (χ1) is 10.7. The zero-order valence-corrected chi connectivity index (χ0v) is 13.2. The Hall–Kier alpha value is -1.46. The minimum absolute atomic E-state index is 0.0175. The molecule has 5 heteroatoms. The van der Waals surface area contributed by atoms with Crippen LogP contribution in [0.15, 0.2) is 24.3 Å². The Morgan fingerprint density at radius 1 is 1.50 bits per heavy atom. The third-order valence-electron chi connectivity index (χ3n) is 3.92. The fourth-order valence-electron chi connectivity index (χ4n) is 2.84. The molecule has 1 aliphatic rings. The fraction of sp³-hybridized carbons (Fsp3) is 0.588. The molecule has 1 aliphatic heterocycles. The van der Waals surface area contributed by atoms with Gasteiger partial charge in [0, 0.05) is 26.2 Å². The van der Waals surface area contributed by atoms with E-state index in [1.807, 2.05) is 13.0 Å². The Balaban J connectivity index is 1.79. The average molecular weight is 308 g/mol. The maximum atomic E-state index is 13.2. The minimum Gasteiger partial charge on any atom is -0.380 e. The number of hydrogen-bond donors (Lipinski definition) is 1. The van der Waals surface area contributed by atoms with Crippen LogP contribution in [-0.4, -0.2) is 43.7 Å². The number of halogens is 1. The predicted molar refractivity (Wildman–Crippen MR) is 83.9 cm³/mol. The molecule has 1 aromatic carbocycles. The Morgan fingerprint density at radius 2 is 2.36 bits per heavy atom. The molecule has 1 aromatic rings. The van der Waals surface area contributed by atoms with Crippen molar-refractivity contribution < 1.29 is 13.9 Å². The van der Waals surface area contributed by atoms with Crippen molar-refractivity contribution in [2.75, 3.05) is 32.8 Å². The lowest BCUT2D eigenvalue weighted by Crippen LogP contribution is -2.43. The van der Waals surface area contributed by atoms with Crippen molar-refractivity contribution in [3.05, 3.63) is 35.6 Å². The van der Waals surface area contributed by atoms with Crippen molar-refractivity contribution in [1.29, 1.82) is 0 Å². The zero-order valence-electron chi connectivity index (χ0n) is 13.2. The highest BCUT2D eigenvalue weighted by Gasteiger charge is 2.25. The normalized spacial score (nSPS) is 19.1. The summed E-state index contributed by atoms with van der Waals surface area (Å²) >= 11 is 0. The largest absolute Gasteiger partial charge is 0.380 e. The van der Waals surface area contributed by atoms with Gasteiger partial charge >= 0.3 is 0 Å². The van der Waals surface area contributed by atoms with Crippen LogP contribution in [0.3, 0.4) is 0 Å². The van der Waals surface area contributed by atoms with Gasteiger partial charge in [0.15, 0.2) is 0 Å². The van der Waals surface area contributed by atoms with E-state index >= 15 is 0 Å². The minimum atomic E-state index is -0.209. The maximum Gasteiger partial charge on any atom is 0.224 e. The zero-order chi connectivity index (χ0) is 15.8. The lowest BCUT2D eigenvalue weighted by molar-refractivity contribution is -0.127. The maximum absolute atomic E-state index is 13.2. The third-order valence-corrected chi connectivity index (χ3v) is 3.92. The fourth-order valence-corrected chi connectivity index (χ4v) is 2.84. The molecule has 0 bridgehead atoms. The van der Waals surface area contributed by atoms with Gasteiger partial charge in [-0.05, 0) is 44.0 Å². The summed E-state index contributed by atoms with van der Waals surface area (Å²) in [5.41, 5.74) is 0.956. The molecule has 1 unspecified atom stereocenters. The van der Waals surface area contributed by atoms with Gasteiger partial charge in [0.1, 0.15) is 5.82 Å². The van der Waals surface area contributed by atoms with Crippen molar-refractivity contribution in [1.82, 2.24) is 10.2 Å². The van der Waals surface area contributed by atoms with Crippen LogP contribution in [0.25, 0.3) is 0 Å². The molecule has 0 saturated carbocycles. The molecular weight excluding hydrogens is 283 g/mol. The van der Waals surface area contributed by atoms with E-state index in [1.165, 1.54) is 6.07 Å². The molecule has 2 rings (SSSR count). The molecule has 0 spiro atoms. The van der Waals surface area contributed by atoms with Gasteiger partial charge in [-0.2, -0.15) is 0 Å². The Morgan fingerprint density at radius 3 is 3.14 bits per heavy atom. The van der Waals surface area contributed by atoms with E-state index in [0.29, 0.717) is 26.3 Å².